The number of aromatic nitrogens is 4. The van der Waals surface area contributed by atoms with E-state index in [1.807, 2.05) is 0 Å². The van der Waals surface area contributed by atoms with Gasteiger partial charge < -0.3 is 20.7 Å². The third-order valence-corrected chi connectivity index (χ3v) is 2.95. The number of H-pyrrole nitrogens is 1. The quantitative estimate of drug-likeness (QED) is 0.500. The number of hydrogen-bond acceptors (Lipinski definition) is 7. The van der Waals surface area contributed by atoms with Crippen molar-refractivity contribution < 1.29 is 19.7 Å². The molecule has 0 bridgehead atoms. The van der Waals surface area contributed by atoms with Crippen LogP contribution in [0.1, 0.15) is 32.6 Å². The maximum Gasteiger partial charge on any atom is 0.303 e. The van der Waals surface area contributed by atoms with E-state index < -0.39 is 5.97 Å². The lowest BCUT2D eigenvalue weighted by Gasteiger charge is -2.03. The zero-order valence-corrected chi connectivity index (χ0v) is 13.6. The van der Waals surface area contributed by atoms with Gasteiger partial charge in [0.05, 0.1) is 19.5 Å². The van der Waals surface area contributed by atoms with Crippen molar-refractivity contribution in [2.45, 2.75) is 39.3 Å². The Kier molecular flexibility index (Phi) is 8.44. The molecule has 0 amide bonds. The van der Waals surface area contributed by atoms with Crippen molar-refractivity contribution in [1.82, 2.24) is 19.5 Å². The van der Waals surface area contributed by atoms with Crippen LogP contribution in [0.3, 0.4) is 0 Å². The van der Waals surface area contributed by atoms with Gasteiger partial charge in [0.1, 0.15) is 6.73 Å². The number of ether oxygens (including phenoxy) is 1. The number of nitrogens with one attached hydrogen (secondary N) is 1. The Morgan fingerprint density at radius 1 is 1.46 bits per heavy atom. The molecule has 0 aliphatic heterocycles. The van der Waals surface area contributed by atoms with Crippen LogP contribution in [0.2, 0.25) is 0 Å². The van der Waals surface area contributed by atoms with E-state index in [1.54, 1.807) is 0 Å². The van der Waals surface area contributed by atoms with E-state index in [2.05, 4.69) is 21.9 Å². The highest BCUT2D eigenvalue weighted by atomic mass is 16.5. The number of carboxylic acid groups (broad SMARTS) is 1. The topological polar surface area (TPSA) is 156 Å². The first-order chi connectivity index (χ1) is 11.5. The molecule has 2 heterocycles. The van der Waals surface area contributed by atoms with E-state index >= 15 is 0 Å². The number of imidazole rings is 1. The van der Waals surface area contributed by atoms with E-state index in [1.165, 1.54) is 10.9 Å². The SMILES string of the molecule is CCCCCC(=O)O.Nc1nc2c(ncn2COCCO)c(=O)[nH]1. The van der Waals surface area contributed by atoms with Gasteiger partial charge in [0.15, 0.2) is 11.2 Å². The fraction of sp³-hybridized carbons (Fsp3) is 0.571. The molecule has 24 heavy (non-hydrogen) atoms. The number of carbonyl (C=O) groups is 1. The van der Waals surface area contributed by atoms with E-state index in [-0.39, 0.29) is 37.0 Å². The lowest BCUT2D eigenvalue weighted by Crippen LogP contribution is -2.13. The van der Waals surface area contributed by atoms with Crippen molar-refractivity contribution in [1.29, 1.82) is 0 Å². The molecular formula is C14H23N5O5. The molecule has 10 nitrogen and oxygen atoms in total. The van der Waals surface area contributed by atoms with Gasteiger partial charge in [-0.05, 0) is 6.42 Å². The largest absolute Gasteiger partial charge is 0.481 e. The summed E-state index contributed by atoms with van der Waals surface area (Å²) >= 11 is 0. The lowest BCUT2D eigenvalue weighted by atomic mass is 10.2. The van der Waals surface area contributed by atoms with Crippen molar-refractivity contribution in [3.05, 3.63) is 16.7 Å². The van der Waals surface area contributed by atoms with Crippen LogP contribution in [-0.2, 0) is 16.3 Å². The molecule has 0 aliphatic rings. The summed E-state index contributed by atoms with van der Waals surface area (Å²) in [5.41, 5.74) is 5.60. The fourth-order valence-electron chi connectivity index (χ4n) is 1.82. The number of unbranched alkanes of at least 4 members (excludes halogenated alkanes) is 2. The highest BCUT2D eigenvalue weighted by Crippen LogP contribution is 2.06. The predicted molar refractivity (Wildman–Crippen MR) is 87.4 cm³/mol. The van der Waals surface area contributed by atoms with Crippen molar-refractivity contribution in [3.63, 3.8) is 0 Å². The van der Waals surface area contributed by atoms with Crippen molar-refractivity contribution in [2.24, 2.45) is 0 Å². The molecule has 5 N–H and O–H groups in total. The molecule has 2 aromatic heterocycles. The van der Waals surface area contributed by atoms with Gasteiger partial charge in [-0.2, -0.15) is 4.98 Å². The third kappa shape index (κ3) is 6.34. The van der Waals surface area contributed by atoms with E-state index in [9.17, 15) is 9.59 Å². The minimum Gasteiger partial charge on any atom is -0.481 e. The summed E-state index contributed by atoms with van der Waals surface area (Å²) in [4.78, 5) is 31.5. The molecule has 0 saturated carbocycles. The fourth-order valence-corrected chi connectivity index (χ4v) is 1.82. The minimum absolute atomic E-state index is 0.0291. The summed E-state index contributed by atoms with van der Waals surface area (Å²) in [6.45, 7) is 2.36. The molecule has 2 aromatic rings. The first-order valence-corrected chi connectivity index (χ1v) is 7.60. The predicted octanol–water partition coefficient (Wildman–Crippen LogP) is 0.320. The van der Waals surface area contributed by atoms with Gasteiger partial charge >= 0.3 is 5.97 Å². The molecule has 0 saturated heterocycles. The summed E-state index contributed by atoms with van der Waals surface area (Å²) in [5, 5.41) is 16.7. The molecular weight excluding hydrogens is 318 g/mol. The maximum atomic E-state index is 11.4. The Labute approximate surface area is 138 Å². The van der Waals surface area contributed by atoms with Crippen molar-refractivity contribution in [3.8, 4) is 0 Å². The van der Waals surface area contributed by atoms with Gasteiger partial charge in [-0.1, -0.05) is 19.8 Å². The molecule has 0 unspecified atom stereocenters. The summed E-state index contributed by atoms with van der Waals surface area (Å²) < 4.78 is 6.63. The molecule has 0 radical (unpaired) electrons. The van der Waals surface area contributed by atoms with Crippen molar-refractivity contribution >= 4 is 23.1 Å². The van der Waals surface area contributed by atoms with Crippen LogP contribution in [-0.4, -0.2) is 48.9 Å². The first-order valence-electron chi connectivity index (χ1n) is 7.60. The Morgan fingerprint density at radius 3 is 2.83 bits per heavy atom. The average molecular weight is 341 g/mol. The standard InChI is InChI=1S/C8H11N5O3.C6H12O2/c9-8-11-6-5(7(15)12-8)10-3-13(6)4-16-2-1-14;1-2-3-4-5-6(7)8/h3,14H,1-2,4H2,(H3,9,11,12,15);2-5H2,1H3,(H,7,8). The number of aliphatic hydroxyl groups is 1. The molecule has 0 spiro atoms. The number of aromatic amines is 1. The van der Waals surface area contributed by atoms with E-state index in [4.69, 9.17) is 20.7 Å². The number of nitrogens with two attached hydrogens (primary N) is 1. The molecule has 0 aliphatic carbocycles. The Morgan fingerprint density at radius 2 is 2.21 bits per heavy atom. The Bertz CT molecular complexity index is 696. The summed E-state index contributed by atoms with van der Waals surface area (Å²) in [6, 6.07) is 0. The number of aliphatic hydroxyl groups excluding tert-OH is 1. The average Bonchev–Trinajstić information content (AvgIpc) is 2.92. The minimum atomic E-state index is -0.682. The zero-order valence-electron chi connectivity index (χ0n) is 13.6. The maximum absolute atomic E-state index is 11.4. The van der Waals surface area contributed by atoms with Gasteiger partial charge in [-0.25, -0.2) is 4.98 Å². The van der Waals surface area contributed by atoms with E-state index in [0.29, 0.717) is 12.1 Å². The number of aliphatic carboxylic acids is 1. The number of hydrogen-bond donors (Lipinski definition) is 4. The van der Waals surface area contributed by atoms with Crippen LogP contribution in [0.5, 0.6) is 0 Å². The molecule has 2 rings (SSSR count). The van der Waals surface area contributed by atoms with Crippen LogP contribution >= 0.6 is 0 Å². The number of nitrogen functional groups attached to an aromatic ring is 1. The summed E-state index contributed by atoms with van der Waals surface area (Å²) in [5.74, 6) is -0.653. The van der Waals surface area contributed by atoms with Crippen LogP contribution < -0.4 is 11.3 Å². The Hall–Kier alpha value is -2.46. The van der Waals surface area contributed by atoms with Crippen LogP contribution in [0.4, 0.5) is 5.95 Å². The zero-order chi connectivity index (χ0) is 17.9. The second kappa shape index (κ2) is 10.3. The van der Waals surface area contributed by atoms with Gasteiger partial charge in [0.2, 0.25) is 5.95 Å². The normalized spacial score (nSPS) is 10.4. The summed E-state index contributed by atoms with van der Waals surface area (Å²) in [7, 11) is 0. The molecule has 0 atom stereocenters. The van der Waals surface area contributed by atoms with Crippen LogP contribution in [0, 0.1) is 0 Å². The highest BCUT2D eigenvalue weighted by Gasteiger charge is 2.08. The van der Waals surface area contributed by atoms with Gasteiger partial charge in [0, 0.05) is 6.42 Å². The smallest absolute Gasteiger partial charge is 0.303 e. The van der Waals surface area contributed by atoms with Crippen LogP contribution in [0.15, 0.2) is 11.1 Å². The molecule has 0 aromatic carbocycles. The number of fused-ring (bicyclic) bond motifs is 1. The lowest BCUT2D eigenvalue weighted by molar-refractivity contribution is -0.137. The number of rotatable bonds is 8. The first kappa shape index (κ1) is 19.6. The highest BCUT2D eigenvalue weighted by molar-refractivity contribution is 5.70. The molecule has 10 heteroatoms. The second-order valence-electron chi connectivity index (χ2n) is 4.95. The molecule has 134 valence electrons. The van der Waals surface area contributed by atoms with Crippen molar-refractivity contribution in [2.75, 3.05) is 18.9 Å². The Balaban J connectivity index is 0.000000307. The second-order valence-corrected chi connectivity index (χ2v) is 4.95. The summed E-state index contributed by atoms with van der Waals surface area (Å²) in [6.07, 6.45) is 4.71. The number of anilines is 1. The molecule has 0 fully saturated rings. The van der Waals surface area contributed by atoms with Gasteiger partial charge in [0.25, 0.3) is 5.56 Å². The van der Waals surface area contributed by atoms with Gasteiger partial charge in [-0.3, -0.25) is 19.1 Å². The van der Waals surface area contributed by atoms with Gasteiger partial charge in [-0.15, -0.1) is 0 Å². The third-order valence-electron chi connectivity index (χ3n) is 2.95. The van der Waals surface area contributed by atoms with Crippen LogP contribution in [0.25, 0.3) is 11.2 Å². The van der Waals surface area contributed by atoms with E-state index in [0.717, 1.165) is 19.3 Å². The number of nitrogens with zero attached hydrogens (tertiary/aromatic N) is 3. The number of carboxylic acids is 1. The monoisotopic (exact) mass is 341 g/mol.